The first-order chi connectivity index (χ1) is 14.0. The maximum Gasteiger partial charge on any atom is 0.244 e. The maximum absolute atomic E-state index is 12.9. The molecule has 1 aliphatic heterocycles. The summed E-state index contributed by atoms with van der Waals surface area (Å²) in [5.41, 5.74) is 2.92. The quantitative estimate of drug-likeness (QED) is 0.719. The second kappa shape index (κ2) is 8.86. The van der Waals surface area contributed by atoms with Crippen molar-refractivity contribution in [1.82, 2.24) is 19.4 Å². The summed E-state index contributed by atoms with van der Waals surface area (Å²) in [6, 6.07) is 4.21. The number of carbonyl (C=O) groups excluding carboxylic acids is 1. The Kier molecular flexibility index (Phi) is 6.81. The molecule has 1 fully saturated rings. The molecule has 0 bridgehead atoms. The predicted molar refractivity (Wildman–Crippen MR) is 117 cm³/mol. The van der Waals surface area contributed by atoms with E-state index in [9.17, 15) is 13.2 Å². The number of nitrogens with zero attached hydrogens (tertiary/aromatic N) is 3. The molecular formula is C20H26Cl2N4O3S. The van der Waals surface area contributed by atoms with Crippen LogP contribution in [0.5, 0.6) is 0 Å². The van der Waals surface area contributed by atoms with Gasteiger partial charge < -0.3 is 5.32 Å². The third-order valence-corrected chi connectivity index (χ3v) is 8.31. The van der Waals surface area contributed by atoms with Crippen LogP contribution in [0.1, 0.15) is 42.8 Å². The molecule has 1 aliphatic rings. The summed E-state index contributed by atoms with van der Waals surface area (Å²) in [5, 5.41) is 7.91. The molecule has 1 unspecified atom stereocenters. The van der Waals surface area contributed by atoms with Crippen molar-refractivity contribution in [2.45, 2.75) is 44.6 Å². The van der Waals surface area contributed by atoms with E-state index in [-0.39, 0.29) is 40.9 Å². The van der Waals surface area contributed by atoms with E-state index < -0.39 is 10.0 Å². The van der Waals surface area contributed by atoms with E-state index in [0.717, 1.165) is 17.0 Å². The number of aromatic nitrogens is 2. The van der Waals surface area contributed by atoms with Gasteiger partial charge in [0.15, 0.2) is 0 Å². The number of aryl methyl sites for hydroxylation is 2. The Bertz CT molecular complexity index is 1060. The van der Waals surface area contributed by atoms with Gasteiger partial charge in [-0.3, -0.25) is 9.48 Å². The fourth-order valence-electron chi connectivity index (χ4n) is 3.99. The predicted octanol–water partition coefficient (Wildman–Crippen LogP) is 3.62. The summed E-state index contributed by atoms with van der Waals surface area (Å²) in [7, 11) is -1.89. The van der Waals surface area contributed by atoms with E-state index in [1.54, 1.807) is 10.7 Å². The molecule has 0 saturated carbocycles. The number of hydrogen-bond donors (Lipinski definition) is 1. The van der Waals surface area contributed by atoms with Crippen molar-refractivity contribution in [3.63, 3.8) is 0 Å². The summed E-state index contributed by atoms with van der Waals surface area (Å²) in [4.78, 5) is 12.8. The fourth-order valence-corrected chi connectivity index (χ4v) is 6.20. The first-order valence-electron chi connectivity index (χ1n) is 9.78. The molecule has 2 aromatic rings. The summed E-state index contributed by atoms with van der Waals surface area (Å²) in [5.74, 6) is -0.311. The van der Waals surface area contributed by atoms with Crippen LogP contribution in [0.4, 0.5) is 0 Å². The Labute approximate surface area is 187 Å². The normalized spacial score (nSPS) is 17.1. The van der Waals surface area contributed by atoms with Crippen LogP contribution >= 0.6 is 23.2 Å². The largest absolute Gasteiger partial charge is 0.349 e. The zero-order valence-electron chi connectivity index (χ0n) is 17.4. The third kappa shape index (κ3) is 4.51. The Balaban J connectivity index is 1.65. The average Bonchev–Trinajstić information content (AvgIpc) is 2.95. The molecule has 10 heteroatoms. The molecule has 164 valence electrons. The van der Waals surface area contributed by atoms with E-state index in [2.05, 4.69) is 10.4 Å². The first-order valence-corrected chi connectivity index (χ1v) is 12.0. The van der Waals surface area contributed by atoms with Crippen molar-refractivity contribution in [2.75, 3.05) is 13.1 Å². The SMILES string of the molecule is Cc1nn(C)c(C)c1C(C)NC(=O)C1CCN(S(=O)(=O)c2cc(Cl)ccc2Cl)CC1. The Morgan fingerprint density at radius 2 is 1.87 bits per heavy atom. The van der Waals surface area contributed by atoms with Crippen LogP contribution in [0.25, 0.3) is 0 Å². The number of piperidine rings is 1. The highest BCUT2D eigenvalue weighted by Gasteiger charge is 2.34. The smallest absolute Gasteiger partial charge is 0.244 e. The van der Waals surface area contributed by atoms with Gasteiger partial charge in [-0.15, -0.1) is 0 Å². The third-order valence-electron chi connectivity index (χ3n) is 5.69. The van der Waals surface area contributed by atoms with Gasteiger partial charge in [-0.05, 0) is 51.8 Å². The first kappa shape index (κ1) is 23.1. The van der Waals surface area contributed by atoms with Crippen molar-refractivity contribution >= 4 is 39.1 Å². The number of rotatable bonds is 5. The van der Waals surface area contributed by atoms with Crippen molar-refractivity contribution in [3.05, 3.63) is 45.2 Å². The molecule has 2 heterocycles. The summed E-state index contributed by atoms with van der Waals surface area (Å²) in [6.07, 6.45) is 0.891. The molecule has 1 amide bonds. The number of hydrogen-bond acceptors (Lipinski definition) is 4. The zero-order valence-corrected chi connectivity index (χ0v) is 19.8. The summed E-state index contributed by atoms with van der Waals surface area (Å²) in [6.45, 7) is 6.35. The van der Waals surface area contributed by atoms with E-state index in [1.807, 2.05) is 27.8 Å². The molecule has 0 aliphatic carbocycles. The minimum absolute atomic E-state index is 0.00396. The van der Waals surface area contributed by atoms with Gasteiger partial charge in [-0.2, -0.15) is 9.40 Å². The molecule has 1 aromatic heterocycles. The van der Waals surface area contributed by atoms with Gasteiger partial charge in [0.2, 0.25) is 15.9 Å². The number of halogens is 2. The fraction of sp³-hybridized carbons (Fsp3) is 0.500. The molecule has 0 spiro atoms. The van der Waals surface area contributed by atoms with Gasteiger partial charge >= 0.3 is 0 Å². The highest BCUT2D eigenvalue weighted by Crippen LogP contribution is 2.31. The monoisotopic (exact) mass is 472 g/mol. The lowest BCUT2D eigenvalue weighted by Crippen LogP contribution is -2.43. The number of benzene rings is 1. The van der Waals surface area contributed by atoms with Crippen molar-refractivity contribution < 1.29 is 13.2 Å². The lowest BCUT2D eigenvalue weighted by Gasteiger charge is -2.31. The van der Waals surface area contributed by atoms with E-state index in [4.69, 9.17) is 23.2 Å². The molecule has 1 saturated heterocycles. The van der Waals surface area contributed by atoms with Gasteiger partial charge in [0.25, 0.3) is 0 Å². The van der Waals surface area contributed by atoms with Gasteiger partial charge in [-0.1, -0.05) is 23.2 Å². The lowest BCUT2D eigenvalue weighted by atomic mass is 9.96. The molecule has 7 nitrogen and oxygen atoms in total. The van der Waals surface area contributed by atoms with E-state index in [0.29, 0.717) is 17.9 Å². The Hall–Kier alpha value is -1.61. The molecule has 1 N–H and O–H groups in total. The topological polar surface area (TPSA) is 84.3 Å². The van der Waals surface area contributed by atoms with Crippen molar-refractivity contribution in [3.8, 4) is 0 Å². The van der Waals surface area contributed by atoms with Gasteiger partial charge in [-0.25, -0.2) is 8.42 Å². The number of amides is 1. The lowest BCUT2D eigenvalue weighted by molar-refractivity contribution is -0.126. The molecule has 3 rings (SSSR count). The number of carbonyl (C=O) groups is 1. The number of nitrogens with one attached hydrogen (secondary N) is 1. The second-order valence-electron chi connectivity index (χ2n) is 7.69. The number of sulfonamides is 1. The zero-order chi connectivity index (χ0) is 22.2. The minimum Gasteiger partial charge on any atom is -0.349 e. The van der Waals surface area contributed by atoms with E-state index in [1.165, 1.54) is 16.4 Å². The Morgan fingerprint density at radius 1 is 1.23 bits per heavy atom. The van der Waals surface area contributed by atoms with Crippen LogP contribution in [0.2, 0.25) is 10.0 Å². The van der Waals surface area contributed by atoms with Crippen LogP contribution in [0.15, 0.2) is 23.1 Å². The molecule has 1 aromatic carbocycles. The van der Waals surface area contributed by atoms with Crippen LogP contribution in [-0.4, -0.2) is 41.5 Å². The molecule has 0 radical (unpaired) electrons. The van der Waals surface area contributed by atoms with Gasteiger partial charge in [0.1, 0.15) is 4.90 Å². The van der Waals surface area contributed by atoms with Crippen molar-refractivity contribution in [1.29, 1.82) is 0 Å². The van der Waals surface area contributed by atoms with Gasteiger partial charge in [0.05, 0.1) is 16.8 Å². The summed E-state index contributed by atoms with van der Waals surface area (Å²) >= 11 is 12.0. The minimum atomic E-state index is -3.76. The molecule has 30 heavy (non-hydrogen) atoms. The molecule has 1 atom stereocenters. The standard InChI is InChI=1S/C20H26Cl2N4O3S/c1-12(19-13(2)24-25(4)14(19)3)23-20(27)15-7-9-26(10-8-15)30(28,29)18-11-16(21)5-6-17(18)22/h5-6,11-12,15H,7-10H2,1-4H3,(H,23,27). The maximum atomic E-state index is 12.9. The highest BCUT2D eigenvalue weighted by molar-refractivity contribution is 7.89. The van der Waals surface area contributed by atoms with Crippen LogP contribution in [0, 0.1) is 19.8 Å². The van der Waals surface area contributed by atoms with Crippen LogP contribution < -0.4 is 5.32 Å². The summed E-state index contributed by atoms with van der Waals surface area (Å²) < 4.78 is 29.1. The highest BCUT2D eigenvalue weighted by atomic mass is 35.5. The Morgan fingerprint density at radius 3 is 2.43 bits per heavy atom. The van der Waals surface area contributed by atoms with Gasteiger partial charge in [0, 0.05) is 42.3 Å². The second-order valence-corrected chi connectivity index (χ2v) is 10.4. The van der Waals surface area contributed by atoms with Crippen LogP contribution in [0.3, 0.4) is 0 Å². The van der Waals surface area contributed by atoms with Crippen molar-refractivity contribution in [2.24, 2.45) is 13.0 Å². The van der Waals surface area contributed by atoms with Crippen LogP contribution in [-0.2, 0) is 21.9 Å². The average molecular weight is 473 g/mol. The van der Waals surface area contributed by atoms with E-state index >= 15 is 0 Å². The molecular weight excluding hydrogens is 447 g/mol.